The van der Waals surface area contributed by atoms with Crippen LogP contribution in [0.5, 0.6) is 0 Å². The molecule has 2 fully saturated rings. The van der Waals surface area contributed by atoms with Gasteiger partial charge in [-0.3, -0.25) is 9.59 Å². The Labute approximate surface area is 160 Å². The summed E-state index contributed by atoms with van der Waals surface area (Å²) in [6, 6.07) is 6.34. The second-order valence-corrected chi connectivity index (χ2v) is 9.22. The van der Waals surface area contributed by atoms with Crippen molar-refractivity contribution in [2.24, 2.45) is 5.92 Å². The van der Waals surface area contributed by atoms with E-state index in [-0.39, 0.29) is 22.6 Å². The van der Waals surface area contributed by atoms with Crippen LogP contribution in [0, 0.1) is 5.92 Å². The molecular formula is C19H27N3O4S. The van der Waals surface area contributed by atoms with Gasteiger partial charge in [0.1, 0.15) is 0 Å². The van der Waals surface area contributed by atoms with Gasteiger partial charge in [0.15, 0.2) is 0 Å². The van der Waals surface area contributed by atoms with E-state index in [1.807, 2.05) is 0 Å². The second kappa shape index (κ2) is 8.39. The van der Waals surface area contributed by atoms with E-state index in [2.05, 4.69) is 5.32 Å². The third kappa shape index (κ3) is 4.68. The molecule has 0 aliphatic carbocycles. The summed E-state index contributed by atoms with van der Waals surface area (Å²) in [4.78, 5) is 26.0. The molecule has 1 N–H and O–H groups in total. The Morgan fingerprint density at radius 2 is 1.67 bits per heavy atom. The van der Waals surface area contributed by atoms with Gasteiger partial charge < -0.3 is 10.2 Å². The molecule has 0 spiro atoms. The lowest BCUT2D eigenvalue weighted by Gasteiger charge is -2.31. The Bertz CT molecular complexity index is 786. The Balaban J connectivity index is 1.63. The first-order chi connectivity index (χ1) is 12.9. The molecule has 8 heteroatoms. The maximum absolute atomic E-state index is 12.7. The summed E-state index contributed by atoms with van der Waals surface area (Å²) in [5.41, 5.74) is 0.567. The highest BCUT2D eigenvalue weighted by molar-refractivity contribution is 7.89. The fourth-order valence-corrected chi connectivity index (χ4v) is 5.20. The number of benzene rings is 1. The van der Waals surface area contributed by atoms with Crippen molar-refractivity contribution in [1.82, 2.24) is 9.21 Å². The van der Waals surface area contributed by atoms with E-state index in [9.17, 15) is 18.0 Å². The number of carbonyl (C=O) groups excluding carboxylic acids is 2. The Morgan fingerprint density at radius 3 is 2.30 bits per heavy atom. The van der Waals surface area contributed by atoms with Crippen molar-refractivity contribution in [1.29, 1.82) is 0 Å². The van der Waals surface area contributed by atoms with Crippen molar-refractivity contribution < 1.29 is 18.0 Å². The topological polar surface area (TPSA) is 86.8 Å². The highest BCUT2D eigenvalue weighted by atomic mass is 32.2. The van der Waals surface area contributed by atoms with Crippen LogP contribution in [0.2, 0.25) is 0 Å². The number of nitrogens with zero attached hydrogens (tertiary/aromatic N) is 2. The molecule has 1 aromatic rings. The summed E-state index contributed by atoms with van der Waals surface area (Å²) in [7, 11) is -3.47. The van der Waals surface area contributed by atoms with Gasteiger partial charge in [0.05, 0.1) is 10.8 Å². The van der Waals surface area contributed by atoms with Gasteiger partial charge in [0, 0.05) is 38.8 Å². The molecule has 0 bridgehead atoms. The van der Waals surface area contributed by atoms with E-state index >= 15 is 0 Å². The summed E-state index contributed by atoms with van der Waals surface area (Å²) in [6.07, 6.45) is 4.42. The highest BCUT2D eigenvalue weighted by Crippen LogP contribution is 2.23. The molecule has 2 aliphatic heterocycles. The first-order valence-corrected chi connectivity index (χ1v) is 11.0. The maximum Gasteiger partial charge on any atom is 0.243 e. The summed E-state index contributed by atoms with van der Waals surface area (Å²) >= 11 is 0. The van der Waals surface area contributed by atoms with Crippen LogP contribution in [-0.2, 0) is 19.6 Å². The molecule has 2 heterocycles. The minimum Gasteiger partial charge on any atom is -0.342 e. The molecule has 2 aliphatic rings. The molecular weight excluding hydrogens is 366 g/mol. The number of piperidine rings is 2. The van der Waals surface area contributed by atoms with Gasteiger partial charge in [0.25, 0.3) is 0 Å². The average Bonchev–Trinajstić information content (AvgIpc) is 2.69. The number of nitrogens with one attached hydrogen (secondary N) is 1. The summed E-state index contributed by atoms with van der Waals surface area (Å²) in [6.45, 7) is 3.77. The van der Waals surface area contributed by atoms with E-state index in [1.165, 1.54) is 11.2 Å². The molecule has 0 unspecified atom stereocenters. The van der Waals surface area contributed by atoms with Crippen LogP contribution in [0.25, 0.3) is 0 Å². The zero-order valence-electron chi connectivity index (χ0n) is 15.7. The molecule has 0 radical (unpaired) electrons. The van der Waals surface area contributed by atoms with Crippen molar-refractivity contribution in [2.45, 2.75) is 43.9 Å². The monoisotopic (exact) mass is 393 g/mol. The van der Waals surface area contributed by atoms with Crippen LogP contribution in [0.1, 0.15) is 39.0 Å². The van der Waals surface area contributed by atoms with Crippen LogP contribution in [0.4, 0.5) is 5.69 Å². The van der Waals surface area contributed by atoms with Gasteiger partial charge in [-0.2, -0.15) is 4.31 Å². The molecule has 2 saturated heterocycles. The smallest absolute Gasteiger partial charge is 0.243 e. The SMILES string of the molecule is CC(=O)N1CCC[C@@H](C(=O)Nc2ccc(S(=O)(=O)N3CCCCC3)cc2)C1. The summed E-state index contributed by atoms with van der Waals surface area (Å²) < 4.78 is 26.9. The second-order valence-electron chi connectivity index (χ2n) is 7.28. The van der Waals surface area contributed by atoms with Crippen LogP contribution < -0.4 is 5.32 Å². The lowest BCUT2D eigenvalue weighted by atomic mass is 9.97. The molecule has 7 nitrogen and oxygen atoms in total. The third-order valence-corrected chi connectivity index (χ3v) is 7.23. The predicted molar refractivity (Wildman–Crippen MR) is 103 cm³/mol. The fourth-order valence-electron chi connectivity index (χ4n) is 3.69. The number of amides is 2. The number of hydrogen-bond acceptors (Lipinski definition) is 4. The van der Waals surface area contributed by atoms with Crippen LogP contribution in [0.15, 0.2) is 29.2 Å². The van der Waals surface area contributed by atoms with Crippen molar-refractivity contribution >= 4 is 27.5 Å². The molecule has 3 rings (SSSR count). The van der Waals surface area contributed by atoms with Gasteiger partial charge in [-0.15, -0.1) is 0 Å². The summed E-state index contributed by atoms with van der Waals surface area (Å²) in [5, 5.41) is 2.84. The Kier molecular flexibility index (Phi) is 6.16. The van der Waals surface area contributed by atoms with Crippen molar-refractivity contribution in [3.05, 3.63) is 24.3 Å². The largest absolute Gasteiger partial charge is 0.342 e. The molecule has 2 amide bonds. The van der Waals surface area contributed by atoms with Crippen molar-refractivity contribution in [3.63, 3.8) is 0 Å². The van der Waals surface area contributed by atoms with E-state index in [1.54, 1.807) is 29.2 Å². The third-order valence-electron chi connectivity index (χ3n) is 5.31. The number of likely N-dealkylation sites (tertiary alicyclic amines) is 1. The van der Waals surface area contributed by atoms with Crippen molar-refractivity contribution in [2.75, 3.05) is 31.5 Å². The quantitative estimate of drug-likeness (QED) is 0.848. The highest BCUT2D eigenvalue weighted by Gasteiger charge is 2.28. The molecule has 1 aromatic carbocycles. The van der Waals surface area contributed by atoms with Gasteiger partial charge >= 0.3 is 0 Å². The summed E-state index contributed by atoms with van der Waals surface area (Å²) in [5.74, 6) is -0.383. The molecule has 0 aromatic heterocycles. The number of anilines is 1. The van der Waals surface area contributed by atoms with Crippen LogP contribution >= 0.6 is 0 Å². The average molecular weight is 394 g/mol. The molecule has 148 valence electrons. The lowest BCUT2D eigenvalue weighted by Crippen LogP contribution is -2.42. The minimum absolute atomic E-state index is 0.0141. The van der Waals surface area contributed by atoms with E-state index in [0.717, 1.165) is 32.1 Å². The Hall–Kier alpha value is -1.93. The predicted octanol–water partition coefficient (Wildman–Crippen LogP) is 2.06. The maximum atomic E-state index is 12.7. The first-order valence-electron chi connectivity index (χ1n) is 9.54. The van der Waals surface area contributed by atoms with Crippen LogP contribution in [-0.4, -0.2) is 55.6 Å². The number of carbonyl (C=O) groups is 2. The lowest BCUT2D eigenvalue weighted by molar-refractivity contribution is -0.132. The van der Waals surface area contributed by atoms with Gasteiger partial charge in [-0.05, 0) is 49.9 Å². The Morgan fingerprint density at radius 1 is 1.00 bits per heavy atom. The number of rotatable bonds is 4. The minimum atomic E-state index is -3.47. The fraction of sp³-hybridized carbons (Fsp3) is 0.579. The number of sulfonamides is 1. The normalized spacial score (nSPS) is 21.7. The standard InChI is InChI=1S/C19H27N3O4S/c1-15(23)21-11-5-6-16(14-21)19(24)20-17-7-9-18(10-8-17)27(25,26)22-12-3-2-4-13-22/h7-10,16H,2-6,11-14H2,1H3,(H,20,24)/t16-/m1/s1. The van der Waals surface area contributed by atoms with Crippen LogP contribution in [0.3, 0.4) is 0 Å². The van der Waals surface area contributed by atoms with E-state index in [4.69, 9.17) is 0 Å². The number of hydrogen-bond donors (Lipinski definition) is 1. The molecule has 0 saturated carbocycles. The molecule has 1 atom stereocenters. The molecule has 27 heavy (non-hydrogen) atoms. The van der Waals surface area contributed by atoms with Gasteiger partial charge in [0.2, 0.25) is 21.8 Å². The van der Waals surface area contributed by atoms with Gasteiger partial charge in [-0.1, -0.05) is 6.42 Å². The van der Waals surface area contributed by atoms with Gasteiger partial charge in [-0.25, -0.2) is 8.42 Å². The van der Waals surface area contributed by atoms with E-state index < -0.39 is 10.0 Å². The van der Waals surface area contributed by atoms with Crippen molar-refractivity contribution in [3.8, 4) is 0 Å². The zero-order chi connectivity index (χ0) is 19.4. The van der Waals surface area contributed by atoms with E-state index in [0.29, 0.717) is 31.9 Å². The zero-order valence-corrected chi connectivity index (χ0v) is 16.5. The first kappa shape index (κ1) is 19.8.